The first-order chi connectivity index (χ1) is 7.11. The van der Waals surface area contributed by atoms with Crippen molar-refractivity contribution in [1.29, 1.82) is 0 Å². The fourth-order valence-electron chi connectivity index (χ4n) is 1.39. The molecule has 0 fully saturated rings. The summed E-state index contributed by atoms with van der Waals surface area (Å²) in [5, 5.41) is 12.1. The largest absolute Gasteiger partial charge is 0.478 e. The molecular weight excluding hydrogens is 190 g/mol. The molecule has 0 aliphatic carbocycles. The first-order valence-electron chi connectivity index (χ1n) is 5.76. The van der Waals surface area contributed by atoms with Gasteiger partial charge in [-0.25, -0.2) is 4.79 Å². The standard InChI is InChI=1S/C12H23NO2/c1-4-6-8-13-11(7-5-2)9-10(3)12(14)15/h9,11,13H,4-8H2,1-3H3,(H,14,15). The molecule has 0 rings (SSSR count). The fraction of sp³-hybridized carbons (Fsp3) is 0.750. The predicted octanol–water partition coefficient (Wildman–Crippen LogP) is 2.58. The number of hydrogen-bond donors (Lipinski definition) is 2. The molecule has 2 N–H and O–H groups in total. The summed E-state index contributed by atoms with van der Waals surface area (Å²) in [6.45, 7) is 6.87. The molecule has 0 saturated heterocycles. The van der Waals surface area contributed by atoms with Gasteiger partial charge in [-0.15, -0.1) is 0 Å². The second-order valence-electron chi connectivity index (χ2n) is 3.86. The van der Waals surface area contributed by atoms with Crippen LogP contribution in [-0.4, -0.2) is 23.7 Å². The van der Waals surface area contributed by atoms with E-state index >= 15 is 0 Å². The van der Waals surface area contributed by atoms with E-state index in [1.807, 2.05) is 6.08 Å². The van der Waals surface area contributed by atoms with Gasteiger partial charge in [0.2, 0.25) is 0 Å². The van der Waals surface area contributed by atoms with Crippen LogP contribution in [0.1, 0.15) is 46.5 Å². The lowest BCUT2D eigenvalue weighted by Crippen LogP contribution is -2.28. The number of nitrogens with one attached hydrogen (secondary N) is 1. The van der Waals surface area contributed by atoms with Crippen LogP contribution in [0.25, 0.3) is 0 Å². The van der Waals surface area contributed by atoms with E-state index in [-0.39, 0.29) is 6.04 Å². The van der Waals surface area contributed by atoms with Gasteiger partial charge in [-0.1, -0.05) is 32.8 Å². The van der Waals surface area contributed by atoms with Gasteiger partial charge in [-0.2, -0.15) is 0 Å². The molecule has 0 aromatic heterocycles. The van der Waals surface area contributed by atoms with Gasteiger partial charge in [0, 0.05) is 11.6 Å². The molecule has 0 saturated carbocycles. The highest BCUT2D eigenvalue weighted by molar-refractivity contribution is 5.85. The monoisotopic (exact) mass is 213 g/mol. The molecule has 3 nitrogen and oxygen atoms in total. The third-order valence-electron chi connectivity index (χ3n) is 2.33. The summed E-state index contributed by atoms with van der Waals surface area (Å²) in [5.41, 5.74) is 0.428. The van der Waals surface area contributed by atoms with Crippen molar-refractivity contribution < 1.29 is 9.90 Å². The molecule has 15 heavy (non-hydrogen) atoms. The normalized spacial score (nSPS) is 13.9. The molecule has 0 aromatic rings. The van der Waals surface area contributed by atoms with Crippen LogP contribution in [0, 0.1) is 0 Å². The molecule has 0 spiro atoms. The zero-order valence-electron chi connectivity index (χ0n) is 10.0. The lowest BCUT2D eigenvalue weighted by Gasteiger charge is -2.14. The van der Waals surface area contributed by atoms with Gasteiger partial charge in [0.1, 0.15) is 0 Å². The maximum atomic E-state index is 10.7. The molecule has 1 atom stereocenters. The Balaban J connectivity index is 4.13. The Morgan fingerprint density at radius 3 is 2.53 bits per heavy atom. The molecule has 0 amide bonds. The fourth-order valence-corrected chi connectivity index (χ4v) is 1.39. The number of aliphatic carboxylic acids is 1. The summed E-state index contributed by atoms with van der Waals surface area (Å²) < 4.78 is 0. The first-order valence-corrected chi connectivity index (χ1v) is 5.76. The zero-order valence-corrected chi connectivity index (χ0v) is 10.0. The van der Waals surface area contributed by atoms with E-state index in [2.05, 4.69) is 19.2 Å². The number of hydrogen-bond acceptors (Lipinski definition) is 2. The summed E-state index contributed by atoms with van der Waals surface area (Å²) in [7, 11) is 0. The Hall–Kier alpha value is -0.830. The van der Waals surface area contributed by atoms with Gasteiger partial charge in [0.05, 0.1) is 0 Å². The summed E-state index contributed by atoms with van der Waals surface area (Å²) in [6, 6.07) is 0.206. The average Bonchev–Trinajstić information content (AvgIpc) is 2.18. The lowest BCUT2D eigenvalue weighted by molar-refractivity contribution is -0.132. The quantitative estimate of drug-likeness (QED) is 0.481. The minimum Gasteiger partial charge on any atom is -0.478 e. The van der Waals surface area contributed by atoms with Crippen LogP contribution in [0.3, 0.4) is 0 Å². The van der Waals surface area contributed by atoms with Gasteiger partial charge in [-0.3, -0.25) is 0 Å². The Bertz CT molecular complexity index is 212. The number of unbranched alkanes of at least 4 members (excludes halogenated alkanes) is 1. The SMILES string of the molecule is CCCCNC(C=C(C)C(=O)O)CCC. The molecule has 0 aliphatic rings. The van der Waals surface area contributed by atoms with Crippen LogP contribution < -0.4 is 5.32 Å². The molecule has 3 heteroatoms. The minimum atomic E-state index is -0.826. The van der Waals surface area contributed by atoms with Crippen LogP contribution in [0.4, 0.5) is 0 Å². The second-order valence-corrected chi connectivity index (χ2v) is 3.86. The van der Waals surface area contributed by atoms with Crippen molar-refractivity contribution in [3.05, 3.63) is 11.6 Å². The van der Waals surface area contributed by atoms with E-state index in [0.29, 0.717) is 5.57 Å². The van der Waals surface area contributed by atoms with E-state index in [4.69, 9.17) is 5.11 Å². The molecular formula is C12H23NO2. The van der Waals surface area contributed by atoms with Gasteiger partial charge in [0.15, 0.2) is 0 Å². The lowest BCUT2D eigenvalue weighted by atomic mass is 10.1. The molecule has 0 bridgehead atoms. The van der Waals surface area contributed by atoms with E-state index in [1.54, 1.807) is 6.92 Å². The van der Waals surface area contributed by atoms with Crippen LogP contribution in [0.5, 0.6) is 0 Å². The highest BCUT2D eigenvalue weighted by atomic mass is 16.4. The summed E-state index contributed by atoms with van der Waals surface area (Å²) in [5.74, 6) is -0.826. The third kappa shape index (κ3) is 7.14. The molecule has 0 aromatic carbocycles. The van der Waals surface area contributed by atoms with Gasteiger partial charge in [0.25, 0.3) is 0 Å². The smallest absolute Gasteiger partial charge is 0.331 e. The van der Waals surface area contributed by atoms with E-state index < -0.39 is 5.97 Å². The molecule has 88 valence electrons. The average molecular weight is 213 g/mol. The number of carboxylic acid groups (broad SMARTS) is 1. The summed E-state index contributed by atoms with van der Waals surface area (Å²) >= 11 is 0. The topological polar surface area (TPSA) is 49.3 Å². The Labute approximate surface area is 92.6 Å². The van der Waals surface area contributed by atoms with Crippen LogP contribution in [-0.2, 0) is 4.79 Å². The maximum Gasteiger partial charge on any atom is 0.331 e. The Kier molecular flexibility index (Phi) is 8.01. The van der Waals surface area contributed by atoms with Crippen LogP contribution in [0.15, 0.2) is 11.6 Å². The predicted molar refractivity (Wildman–Crippen MR) is 63.0 cm³/mol. The Morgan fingerprint density at radius 2 is 2.07 bits per heavy atom. The van der Waals surface area contributed by atoms with Crippen molar-refractivity contribution >= 4 is 5.97 Å². The number of carboxylic acids is 1. The number of rotatable bonds is 8. The van der Waals surface area contributed by atoms with Crippen molar-refractivity contribution in [3.8, 4) is 0 Å². The number of carbonyl (C=O) groups is 1. The van der Waals surface area contributed by atoms with Gasteiger partial charge in [-0.05, 0) is 26.3 Å². The molecule has 0 aliphatic heterocycles. The highest BCUT2D eigenvalue weighted by Crippen LogP contribution is 2.03. The summed E-state index contributed by atoms with van der Waals surface area (Å²) in [6.07, 6.45) is 6.18. The third-order valence-corrected chi connectivity index (χ3v) is 2.33. The second kappa shape index (κ2) is 8.48. The van der Waals surface area contributed by atoms with E-state index in [0.717, 1.165) is 32.2 Å². The zero-order chi connectivity index (χ0) is 11.7. The van der Waals surface area contributed by atoms with Gasteiger partial charge < -0.3 is 10.4 Å². The maximum absolute atomic E-state index is 10.7. The van der Waals surface area contributed by atoms with Crippen molar-refractivity contribution in [2.24, 2.45) is 0 Å². The summed E-state index contributed by atoms with van der Waals surface area (Å²) in [4.78, 5) is 10.7. The van der Waals surface area contributed by atoms with E-state index in [9.17, 15) is 4.79 Å². The van der Waals surface area contributed by atoms with Crippen LogP contribution >= 0.6 is 0 Å². The van der Waals surface area contributed by atoms with Crippen molar-refractivity contribution in [2.75, 3.05) is 6.54 Å². The van der Waals surface area contributed by atoms with Crippen molar-refractivity contribution in [1.82, 2.24) is 5.32 Å². The first kappa shape index (κ1) is 14.2. The van der Waals surface area contributed by atoms with Crippen molar-refractivity contribution in [2.45, 2.75) is 52.5 Å². The molecule has 0 heterocycles. The molecule has 1 unspecified atom stereocenters. The van der Waals surface area contributed by atoms with E-state index in [1.165, 1.54) is 0 Å². The Morgan fingerprint density at radius 1 is 1.40 bits per heavy atom. The minimum absolute atomic E-state index is 0.206. The highest BCUT2D eigenvalue weighted by Gasteiger charge is 2.06. The van der Waals surface area contributed by atoms with Gasteiger partial charge >= 0.3 is 5.97 Å². The van der Waals surface area contributed by atoms with Crippen LogP contribution in [0.2, 0.25) is 0 Å². The molecule has 0 radical (unpaired) electrons. The van der Waals surface area contributed by atoms with Crippen molar-refractivity contribution in [3.63, 3.8) is 0 Å².